The molecule has 6 nitrogen and oxygen atoms in total. The van der Waals surface area contributed by atoms with Gasteiger partial charge in [0, 0.05) is 5.22 Å². The van der Waals surface area contributed by atoms with Gasteiger partial charge in [-0.25, -0.2) is 14.4 Å². The number of allylic oxidation sites excluding steroid dienone is 1. The van der Waals surface area contributed by atoms with Crippen molar-refractivity contribution in [2.24, 2.45) is 4.99 Å². The molecule has 0 fully saturated rings. The van der Waals surface area contributed by atoms with Crippen molar-refractivity contribution in [2.75, 3.05) is 0 Å². The number of nitrogens with zero attached hydrogens (tertiary/aromatic N) is 2. The molecule has 0 unspecified atom stereocenters. The fourth-order valence-corrected chi connectivity index (χ4v) is 3.05. The first-order valence-electron chi connectivity index (χ1n) is 8.61. The maximum absolute atomic E-state index is 12.3. The molecule has 4 rings (SSSR count). The number of fused-ring (bicyclic) bond motifs is 1. The van der Waals surface area contributed by atoms with Gasteiger partial charge in [-0.2, -0.15) is 0 Å². The third-order valence-electron chi connectivity index (χ3n) is 4.51. The van der Waals surface area contributed by atoms with Crippen LogP contribution in [0.4, 0.5) is 0 Å². The smallest absolute Gasteiger partial charge is 0.335 e. The van der Waals surface area contributed by atoms with Crippen LogP contribution in [0.2, 0.25) is 0 Å². The quantitative estimate of drug-likeness (QED) is 0.738. The minimum Gasteiger partial charge on any atom is -0.494 e. The summed E-state index contributed by atoms with van der Waals surface area (Å²) in [6.07, 6.45) is 4.16. The van der Waals surface area contributed by atoms with Gasteiger partial charge in [0.1, 0.15) is 5.56 Å². The van der Waals surface area contributed by atoms with Gasteiger partial charge < -0.3 is 5.11 Å². The second-order valence-electron chi connectivity index (χ2n) is 6.24. The van der Waals surface area contributed by atoms with E-state index < -0.39 is 17.1 Å². The van der Waals surface area contributed by atoms with Gasteiger partial charge in [-0.05, 0) is 42.3 Å². The highest BCUT2D eigenvalue weighted by atomic mass is 16.3. The van der Waals surface area contributed by atoms with Crippen LogP contribution >= 0.6 is 0 Å². The molecule has 2 N–H and O–H groups in total. The van der Waals surface area contributed by atoms with Crippen molar-refractivity contribution in [2.45, 2.75) is 13.3 Å². The van der Waals surface area contributed by atoms with Crippen LogP contribution in [-0.4, -0.2) is 14.7 Å². The van der Waals surface area contributed by atoms with Crippen LogP contribution in [-0.2, 0) is 6.42 Å². The van der Waals surface area contributed by atoms with Gasteiger partial charge in [-0.1, -0.05) is 37.3 Å². The normalized spacial score (nSPS) is 13.9. The third kappa shape index (κ3) is 3.01. The summed E-state index contributed by atoms with van der Waals surface area (Å²) in [6, 6.07) is 14.8. The molecule has 0 atom stereocenters. The minimum absolute atomic E-state index is 0.0167. The first-order valence-corrected chi connectivity index (χ1v) is 8.61. The number of nitrogens with one attached hydrogen (secondary N) is 1. The largest absolute Gasteiger partial charge is 0.494 e. The standard InChI is InChI=1S/C21H17N3O3/c1-2-13-7-9-16(10-8-13)24-20(26)17(19(25)23-21(24)27)12-15-11-14-5-3-4-6-18(14)22-15/h3-12,26H,2H2,1H3,(H,23,25,27)/b15-12-. The summed E-state index contributed by atoms with van der Waals surface area (Å²) < 4.78 is 1.08. The molecule has 0 aliphatic carbocycles. The maximum Gasteiger partial charge on any atom is 0.335 e. The zero-order valence-corrected chi connectivity index (χ0v) is 14.6. The first-order chi connectivity index (χ1) is 13.1. The second-order valence-corrected chi connectivity index (χ2v) is 6.24. The number of para-hydroxylation sites is 1. The second kappa shape index (κ2) is 6.57. The Morgan fingerprint density at radius 3 is 2.56 bits per heavy atom. The number of aromatic amines is 1. The van der Waals surface area contributed by atoms with Gasteiger partial charge in [0.25, 0.3) is 5.56 Å². The van der Waals surface area contributed by atoms with Gasteiger partial charge in [-0.15, -0.1) is 0 Å². The molecule has 1 aromatic heterocycles. The van der Waals surface area contributed by atoms with Crippen molar-refractivity contribution in [3.05, 3.63) is 96.8 Å². The number of benzene rings is 2. The van der Waals surface area contributed by atoms with Crippen molar-refractivity contribution in [1.29, 1.82) is 0 Å². The Balaban J connectivity index is 1.88. The number of hydrogen-bond donors (Lipinski definition) is 2. The molecule has 1 aliphatic rings. The van der Waals surface area contributed by atoms with Crippen LogP contribution < -0.4 is 21.8 Å². The van der Waals surface area contributed by atoms with Gasteiger partial charge >= 0.3 is 5.69 Å². The predicted molar refractivity (Wildman–Crippen MR) is 103 cm³/mol. The van der Waals surface area contributed by atoms with E-state index in [0.29, 0.717) is 11.4 Å². The van der Waals surface area contributed by atoms with E-state index in [-0.39, 0.29) is 5.56 Å². The summed E-state index contributed by atoms with van der Waals surface area (Å²) in [7, 11) is 0. The summed E-state index contributed by atoms with van der Waals surface area (Å²) >= 11 is 0. The maximum atomic E-state index is 12.3. The molecule has 27 heavy (non-hydrogen) atoms. The fourth-order valence-electron chi connectivity index (χ4n) is 3.05. The van der Waals surface area contributed by atoms with Crippen LogP contribution in [0.15, 0.2) is 68.8 Å². The number of aryl methyl sites for hydroxylation is 1. The number of aromatic nitrogens is 2. The molecule has 6 heteroatoms. The van der Waals surface area contributed by atoms with Crippen molar-refractivity contribution in [3.8, 4) is 11.6 Å². The molecule has 2 heterocycles. The van der Waals surface area contributed by atoms with E-state index >= 15 is 0 Å². The zero-order chi connectivity index (χ0) is 19.0. The predicted octanol–water partition coefficient (Wildman–Crippen LogP) is 1.25. The molecule has 0 amide bonds. The molecule has 3 aromatic rings. The monoisotopic (exact) mass is 359 g/mol. The Kier molecular flexibility index (Phi) is 4.08. The van der Waals surface area contributed by atoms with E-state index in [0.717, 1.165) is 27.1 Å². The molecule has 2 aromatic carbocycles. The molecule has 0 saturated heterocycles. The van der Waals surface area contributed by atoms with Crippen molar-refractivity contribution in [1.82, 2.24) is 9.55 Å². The number of aromatic hydroxyl groups is 1. The summed E-state index contributed by atoms with van der Waals surface area (Å²) in [5, 5.41) is 12.4. The highest BCUT2D eigenvalue weighted by Gasteiger charge is 2.15. The number of rotatable bonds is 3. The molecular weight excluding hydrogens is 342 g/mol. The average Bonchev–Trinajstić information content (AvgIpc) is 3.08. The fraction of sp³-hybridized carbons (Fsp3) is 0.0952. The SMILES string of the molecule is CCc1ccc(-n2c(O)c(/C=C3/C=c4ccccc4=N3)c(=O)[nH]c2=O)cc1. The highest BCUT2D eigenvalue weighted by Crippen LogP contribution is 2.20. The molecular formula is C21H17N3O3. The molecule has 0 saturated carbocycles. The Morgan fingerprint density at radius 2 is 1.85 bits per heavy atom. The molecule has 0 bridgehead atoms. The topological polar surface area (TPSA) is 87.4 Å². The van der Waals surface area contributed by atoms with E-state index in [2.05, 4.69) is 9.98 Å². The summed E-state index contributed by atoms with van der Waals surface area (Å²) in [5.41, 5.74) is 0.738. The van der Waals surface area contributed by atoms with Gasteiger partial charge in [0.05, 0.1) is 16.7 Å². The van der Waals surface area contributed by atoms with E-state index in [1.165, 1.54) is 6.08 Å². The van der Waals surface area contributed by atoms with Crippen molar-refractivity contribution in [3.63, 3.8) is 0 Å². The van der Waals surface area contributed by atoms with Gasteiger partial charge in [0.15, 0.2) is 0 Å². The molecule has 1 aliphatic heterocycles. The van der Waals surface area contributed by atoms with Crippen LogP contribution in [0, 0.1) is 0 Å². The highest BCUT2D eigenvalue weighted by molar-refractivity contribution is 5.67. The minimum atomic E-state index is -0.695. The third-order valence-corrected chi connectivity index (χ3v) is 4.51. The van der Waals surface area contributed by atoms with Crippen molar-refractivity contribution < 1.29 is 5.11 Å². The molecule has 134 valence electrons. The van der Waals surface area contributed by atoms with E-state index in [1.54, 1.807) is 12.1 Å². The van der Waals surface area contributed by atoms with Crippen molar-refractivity contribution >= 4 is 12.2 Å². The van der Waals surface area contributed by atoms with E-state index in [1.807, 2.05) is 49.4 Å². The lowest BCUT2D eigenvalue weighted by molar-refractivity contribution is 0.429. The molecule has 0 radical (unpaired) electrons. The van der Waals surface area contributed by atoms with Crippen LogP contribution in [0.5, 0.6) is 5.88 Å². The van der Waals surface area contributed by atoms with E-state index in [4.69, 9.17) is 0 Å². The lowest BCUT2D eigenvalue weighted by atomic mass is 10.1. The van der Waals surface area contributed by atoms with E-state index in [9.17, 15) is 14.7 Å². The number of H-pyrrole nitrogens is 1. The average molecular weight is 359 g/mol. The Morgan fingerprint density at radius 1 is 1.11 bits per heavy atom. The Labute approximate surface area is 154 Å². The lowest BCUT2D eigenvalue weighted by Crippen LogP contribution is -2.30. The van der Waals surface area contributed by atoms with Crippen LogP contribution in [0.25, 0.3) is 17.8 Å². The summed E-state index contributed by atoms with van der Waals surface area (Å²) in [6.45, 7) is 2.03. The zero-order valence-electron chi connectivity index (χ0n) is 14.6. The number of hydrogen-bond acceptors (Lipinski definition) is 4. The lowest BCUT2D eigenvalue weighted by Gasteiger charge is -2.10. The van der Waals surface area contributed by atoms with Crippen LogP contribution in [0.3, 0.4) is 0 Å². The first kappa shape index (κ1) is 16.8. The molecule has 0 spiro atoms. The van der Waals surface area contributed by atoms with Gasteiger partial charge in [0.2, 0.25) is 5.88 Å². The summed E-state index contributed by atoms with van der Waals surface area (Å²) in [4.78, 5) is 31.2. The Bertz CT molecular complexity index is 1260. The van der Waals surface area contributed by atoms with Crippen LogP contribution in [0.1, 0.15) is 18.1 Å². The summed E-state index contributed by atoms with van der Waals surface area (Å²) in [5.74, 6) is -0.417. The van der Waals surface area contributed by atoms with Gasteiger partial charge in [-0.3, -0.25) is 9.78 Å². The Hall–Kier alpha value is -3.67.